The zero-order valence-electron chi connectivity index (χ0n) is 5.58. The van der Waals surface area contributed by atoms with Crippen LogP contribution in [0.2, 0.25) is 0 Å². The highest BCUT2D eigenvalue weighted by atomic mass is 31.2. The van der Waals surface area contributed by atoms with Crippen molar-refractivity contribution in [3.63, 3.8) is 0 Å². The maximum absolute atomic E-state index is 11.2. The first-order chi connectivity index (χ1) is 5.61. The molecule has 68 valence electrons. The van der Waals surface area contributed by atoms with Crippen molar-refractivity contribution >= 4 is 13.8 Å². The summed E-state index contributed by atoms with van der Waals surface area (Å²) < 4.78 is 24.4. The molecule has 3 aliphatic heterocycles. The molecule has 5 N–H and O–H groups in total. The van der Waals surface area contributed by atoms with Crippen molar-refractivity contribution in [2.45, 2.75) is 0 Å². The number of oxime groups is 1. The van der Waals surface area contributed by atoms with Crippen LogP contribution in [0.4, 0.5) is 0 Å². The summed E-state index contributed by atoms with van der Waals surface area (Å²) in [6, 6.07) is 0. The zero-order chi connectivity index (χ0) is 8.77. The molecule has 0 aromatic heterocycles. The summed E-state index contributed by atoms with van der Waals surface area (Å²) >= 11 is 0. The van der Waals surface area contributed by atoms with Gasteiger partial charge in [-0.15, -0.1) is 9.80 Å². The molecule has 0 aromatic carbocycles. The van der Waals surface area contributed by atoms with Crippen LogP contribution in [0.1, 0.15) is 0 Å². The highest BCUT2D eigenvalue weighted by molar-refractivity contribution is 7.48. The summed E-state index contributed by atoms with van der Waals surface area (Å²) in [5, 5.41) is 4.58. The Morgan fingerprint density at radius 3 is 3.00 bits per heavy atom. The largest absolute Gasteiger partial charge is 0.592 e. The monoisotopic (exact) mass is 196 g/mol. The van der Waals surface area contributed by atoms with E-state index < -0.39 is 7.82 Å². The zero-order valence-corrected chi connectivity index (χ0v) is 6.47. The molecule has 0 saturated carbocycles. The molecule has 10 nitrogen and oxygen atoms in total. The number of rotatable bonds is 0. The van der Waals surface area contributed by atoms with Gasteiger partial charge in [0.25, 0.3) is 0 Å². The number of nitrogens with one attached hydrogen (secondary N) is 1. The lowest BCUT2D eigenvalue weighted by atomic mass is 11.0. The molecule has 1 atom stereocenters. The van der Waals surface area contributed by atoms with Crippen molar-refractivity contribution in [2.75, 3.05) is 0 Å². The van der Waals surface area contributed by atoms with E-state index in [2.05, 4.69) is 19.0 Å². The first-order valence-corrected chi connectivity index (χ1v) is 4.17. The van der Waals surface area contributed by atoms with Gasteiger partial charge < -0.3 is 0 Å². The van der Waals surface area contributed by atoms with Crippen molar-refractivity contribution in [2.24, 2.45) is 16.8 Å². The molecule has 0 spiro atoms. The van der Waals surface area contributed by atoms with Crippen LogP contribution in [-0.2, 0) is 18.4 Å². The van der Waals surface area contributed by atoms with Crippen LogP contribution in [0, 0.1) is 0 Å². The van der Waals surface area contributed by atoms with E-state index in [1.165, 1.54) is 0 Å². The third-order valence-corrected chi connectivity index (χ3v) is 2.04. The third-order valence-electron chi connectivity index (χ3n) is 1.07. The van der Waals surface area contributed by atoms with E-state index in [-0.39, 0.29) is 5.96 Å². The van der Waals surface area contributed by atoms with E-state index in [4.69, 9.17) is 11.7 Å². The fourth-order valence-corrected chi connectivity index (χ4v) is 1.35. The van der Waals surface area contributed by atoms with Gasteiger partial charge in [-0.05, 0) is 5.16 Å². The van der Waals surface area contributed by atoms with Gasteiger partial charge in [-0.2, -0.15) is 9.74 Å². The Balaban J connectivity index is 2.37. The molecule has 1 fully saturated rings. The summed E-state index contributed by atoms with van der Waals surface area (Å²) in [5.74, 6) is 10.3. The molecule has 0 radical (unpaired) electrons. The number of phosphoric acid groups is 1. The molecule has 0 aliphatic carbocycles. The number of hydrogen-bond acceptors (Lipinski definition) is 10. The first kappa shape index (κ1) is 7.73. The molecule has 0 aromatic rings. The number of guanidine groups is 1. The van der Waals surface area contributed by atoms with Crippen LogP contribution >= 0.6 is 7.82 Å². The van der Waals surface area contributed by atoms with Crippen molar-refractivity contribution in [1.29, 1.82) is 0 Å². The maximum Gasteiger partial charge on any atom is 0.592 e. The quantitative estimate of drug-likeness (QED) is 0.301. The van der Waals surface area contributed by atoms with Crippen molar-refractivity contribution in [3.05, 3.63) is 0 Å². The SMILES string of the molecule is NN1NOP2(=O)ON=C1N(N)O2. The Morgan fingerprint density at radius 1 is 1.58 bits per heavy atom. The predicted octanol–water partition coefficient (Wildman–Crippen LogP) is -1.87. The summed E-state index contributed by atoms with van der Waals surface area (Å²) in [6.45, 7) is 0. The Morgan fingerprint density at radius 2 is 2.33 bits per heavy atom. The van der Waals surface area contributed by atoms with Gasteiger partial charge >= 0.3 is 13.8 Å². The van der Waals surface area contributed by atoms with Crippen LogP contribution in [0.3, 0.4) is 0 Å². The Kier molecular flexibility index (Phi) is 1.48. The topological polar surface area (TPSA) is 128 Å². The molecule has 3 rings (SSSR count). The summed E-state index contributed by atoms with van der Waals surface area (Å²) in [5.41, 5.74) is 2.02. The molecule has 2 bridgehead atoms. The number of hydrazine groups is 3. The average Bonchev–Trinajstić information content (AvgIpc) is 2.18. The second-order valence-electron chi connectivity index (χ2n) is 1.88. The summed E-state index contributed by atoms with van der Waals surface area (Å²) in [7, 11) is -3.78. The van der Waals surface area contributed by atoms with Gasteiger partial charge in [-0.3, -0.25) is 4.62 Å². The molecule has 1 saturated heterocycles. The highest BCUT2D eigenvalue weighted by Crippen LogP contribution is 2.52. The number of hydroxylamine groups is 1. The van der Waals surface area contributed by atoms with Crippen molar-refractivity contribution < 1.29 is 18.4 Å². The molecule has 11 heteroatoms. The fourth-order valence-electron chi connectivity index (χ4n) is 0.604. The lowest BCUT2D eigenvalue weighted by molar-refractivity contribution is -0.0485. The summed E-state index contributed by atoms with van der Waals surface area (Å²) in [4.78, 5) is 0. The van der Waals surface area contributed by atoms with Crippen molar-refractivity contribution in [3.8, 4) is 0 Å². The van der Waals surface area contributed by atoms with Crippen LogP contribution in [-0.4, -0.2) is 16.2 Å². The third kappa shape index (κ3) is 1.03. The van der Waals surface area contributed by atoms with E-state index in [1.807, 2.05) is 5.59 Å². The van der Waals surface area contributed by atoms with E-state index >= 15 is 0 Å². The molecular weight excluding hydrogens is 191 g/mol. The molecule has 3 aliphatic rings. The number of nitrogens with zero attached hydrogens (tertiary/aromatic N) is 3. The van der Waals surface area contributed by atoms with Crippen LogP contribution in [0.5, 0.6) is 0 Å². The van der Waals surface area contributed by atoms with Gasteiger partial charge in [0.1, 0.15) is 0 Å². The van der Waals surface area contributed by atoms with E-state index in [9.17, 15) is 4.57 Å². The number of fused-ring (bicyclic) bond motifs is 4. The smallest absolute Gasteiger partial charge is 0.286 e. The number of hydrogen-bond donors (Lipinski definition) is 3. The van der Waals surface area contributed by atoms with Crippen LogP contribution < -0.4 is 17.3 Å². The van der Waals surface area contributed by atoms with Gasteiger partial charge in [0, 0.05) is 0 Å². The fraction of sp³-hybridized carbons (Fsp3) is 0. The highest BCUT2D eigenvalue weighted by Gasteiger charge is 2.43. The molecule has 3 heterocycles. The molecule has 1 unspecified atom stereocenters. The van der Waals surface area contributed by atoms with E-state index in [1.54, 1.807) is 0 Å². The molecular formula is CH5N6O4P. The summed E-state index contributed by atoms with van der Waals surface area (Å²) in [6.07, 6.45) is 0. The van der Waals surface area contributed by atoms with Gasteiger partial charge in [-0.25, -0.2) is 16.3 Å². The minimum Gasteiger partial charge on any atom is -0.286 e. The second kappa shape index (κ2) is 2.29. The minimum atomic E-state index is -3.78. The molecule has 0 amide bonds. The predicted molar refractivity (Wildman–Crippen MR) is 33.5 cm³/mol. The van der Waals surface area contributed by atoms with E-state index in [0.29, 0.717) is 5.17 Å². The Hall–Kier alpha value is -0.900. The van der Waals surface area contributed by atoms with Gasteiger partial charge in [0.15, 0.2) is 0 Å². The van der Waals surface area contributed by atoms with Crippen LogP contribution in [0.25, 0.3) is 0 Å². The lowest BCUT2D eigenvalue weighted by Gasteiger charge is -2.22. The Labute approximate surface area is 66.0 Å². The maximum atomic E-state index is 11.2. The normalized spacial score (nSPS) is 34.3. The second-order valence-corrected chi connectivity index (χ2v) is 3.28. The van der Waals surface area contributed by atoms with E-state index in [0.717, 1.165) is 5.12 Å². The van der Waals surface area contributed by atoms with Crippen LogP contribution in [0.15, 0.2) is 5.16 Å². The lowest BCUT2D eigenvalue weighted by Crippen LogP contribution is -2.54. The van der Waals surface area contributed by atoms with Crippen molar-refractivity contribution in [1.82, 2.24) is 15.9 Å². The van der Waals surface area contributed by atoms with Gasteiger partial charge in [0.2, 0.25) is 0 Å². The standard InChI is InChI=1S/CH5N6O4P/c2-6-1-4-9-12(8,10-5-6)11-7(1)3/h5H,2-3H2. The Bertz CT molecular complexity index is 277. The molecule has 12 heavy (non-hydrogen) atoms. The van der Waals surface area contributed by atoms with Gasteiger partial charge in [-0.1, -0.05) is 5.59 Å². The van der Waals surface area contributed by atoms with Gasteiger partial charge in [0.05, 0.1) is 0 Å². The average molecular weight is 196 g/mol. The minimum absolute atomic E-state index is 0.126. The first-order valence-electron chi connectivity index (χ1n) is 2.71. The number of nitrogens with two attached hydrogens (primary N) is 2.